The van der Waals surface area contributed by atoms with Gasteiger partial charge in [0.25, 0.3) is 0 Å². The molecule has 2 aromatic carbocycles. The van der Waals surface area contributed by atoms with Crippen molar-refractivity contribution in [2.24, 2.45) is 0 Å². The van der Waals surface area contributed by atoms with Crippen molar-refractivity contribution in [3.63, 3.8) is 0 Å². The van der Waals surface area contributed by atoms with Crippen molar-refractivity contribution >= 4 is 17.3 Å². The highest BCUT2D eigenvalue weighted by Crippen LogP contribution is 2.46. The van der Waals surface area contributed by atoms with Crippen LogP contribution in [0.4, 0.5) is 13.2 Å². The number of fused-ring (bicyclic) bond motifs is 1. The van der Waals surface area contributed by atoms with E-state index in [0.29, 0.717) is 28.2 Å². The summed E-state index contributed by atoms with van der Waals surface area (Å²) >= 11 is -0.122. The molecule has 0 amide bonds. The molecule has 0 saturated heterocycles. The van der Waals surface area contributed by atoms with Gasteiger partial charge in [0.15, 0.2) is 0 Å². The van der Waals surface area contributed by atoms with E-state index in [-0.39, 0.29) is 23.3 Å². The molecule has 0 saturated carbocycles. The molecule has 23 heavy (non-hydrogen) atoms. The fourth-order valence-electron chi connectivity index (χ4n) is 2.46. The lowest BCUT2D eigenvalue weighted by atomic mass is 9.95. The highest BCUT2D eigenvalue weighted by molar-refractivity contribution is 8.04. The molecule has 0 aliphatic carbocycles. The zero-order valence-corrected chi connectivity index (χ0v) is 13.0. The predicted octanol–water partition coefficient (Wildman–Crippen LogP) is 5.10. The van der Waals surface area contributed by atoms with E-state index < -0.39 is 5.51 Å². The second-order valence-corrected chi connectivity index (χ2v) is 6.02. The minimum Gasteiger partial charge on any atom is -0.497 e. The molecule has 3 rings (SSSR count). The lowest BCUT2D eigenvalue weighted by Gasteiger charge is -2.24. The number of benzene rings is 2. The molecular formula is C17H13F3O2S. The number of hydrogen-bond donors (Lipinski definition) is 0. The van der Waals surface area contributed by atoms with Crippen LogP contribution in [0, 0.1) is 0 Å². The zero-order valence-electron chi connectivity index (χ0n) is 12.2. The van der Waals surface area contributed by atoms with E-state index in [9.17, 15) is 13.2 Å². The van der Waals surface area contributed by atoms with Crippen molar-refractivity contribution in [3.8, 4) is 11.5 Å². The van der Waals surface area contributed by atoms with Crippen molar-refractivity contribution in [3.05, 3.63) is 64.6 Å². The number of alkyl halides is 3. The fraction of sp³-hybridized carbons (Fsp3) is 0.176. The highest BCUT2D eigenvalue weighted by atomic mass is 32.2. The van der Waals surface area contributed by atoms with Gasteiger partial charge >= 0.3 is 5.51 Å². The lowest BCUT2D eigenvalue weighted by Crippen LogP contribution is -2.13. The van der Waals surface area contributed by atoms with E-state index in [4.69, 9.17) is 9.47 Å². The summed E-state index contributed by atoms with van der Waals surface area (Å²) in [7, 11) is 1.54. The van der Waals surface area contributed by atoms with E-state index in [1.807, 2.05) is 0 Å². The Bertz CT molecular complexity index is 736. The molecule has 0 fully saturated rings. The van der Waals surface area contributed by atoms with Gasteiger partial charge in [-0.05, 0) is 35.5 Å². The maximum absolute atomic E-state index is 12.9. The second-order valence-electron chi connectivity index (χ2n) is 4.86. The van der Waals surface area contributed by atoms with Gasteiger partial charge in [-0.1, -0.05) is 30.3 Å². The van der Waals surface area contributed by atoms with E-state index in [1.54, 1.807) is 55.6 Å². The Kier molecular flexibility index (Phi) is 4.26. The van der Waals surface area contributed by atoms with Crippen LogP contribution in [0.2, 0.25) is 0 Å². The molecule has 0 bridgehead atoms. The molecule has 0 aromatic heterocycles. The first-order chi connectivity index (χ1) is 11.0. The van der Waals surface area contributed by atoms with Crippen molar-refractivity contribution < 1.29 is 22.6 Å². The van der Waals surface area contributed by atoms with E-state index in [2.05, 4.69) is 0 Å². The monoisotopic (exact) mass is 338 g/mol. The van der Waals surface area contributed by atoms with Gasteiger partial charge in [-0.15, -0.1) is 0 Å². The average Bonchev–Trinajstić information content (AvgIpc) is 2.53. The first-order valence-corrected chi connectivity index (χ1v) is 7.65. The average molecular weight is 338 g/mol. The molecule has 0 spiro atoms. The van der Waals surface area contributed by atoms with Crippen molar-refractivity contribution in [2.45, 2.75) is 5.51 Å². The Morgan fingerprint density at radius 1 is 1.04 bits per heavy atom. The van der Waals surface area contributed by atoms with Gasteiger partial charge in [0, 0.05) is 16.0 Å². The van der Waals surface area contributed by atoms with Crippen LogP contribution >= 0.6 is 11.8 Å². The maximum Gasteiger partial charge on any atom is 0.446 e. The topological polar surface area (TPSA) is 18.5 Å². The molecule has 0 unspecified atom stereocenters. The highest BCUT2D eigenvalue weighted by Gasteiger charge is 2.34. The fourth-order valence-corrected chi connectivity index (χ4v) is 3.19. The van der Waals surface area contributed by atoms with Gasteiger partial charge in [-0.2, -0.15) is 13.2 Å². The van der Waals surface area contributed by atoms with Crippen molar-refractivity contribution in [1.82, 2.24) is 0 Å². The Labute approximate surface area is 135 Å². The SMILES string of the molecule is COc1ccc(C2=C(SC(F)(F)F)COc3ccccc32)cc1. The van der Waals surface area contributed by atoms with Crippen LogP contribution in [0.1, 0.15) is 11.1 Å². The van der Waals surface area contributed by atoms with Gasteiger partial charge < -0.3 is 9.47 Å². The number of ether oxygens (including phenoxy) is 2. The summed E-state index contributed by atoms with van der Waals surface area (Å²) in [4.78, 5) is 0.154. The van der Waals surface area contributed by atoms with Gasteiger partial charge in [0.05, 0.1) is 7.11 Å². The summed E-state index contributed by atoms with van der Waals surface area (Å²) in [5.74, 6) is 1.24. The number of thioether (sulfide) groups is 1. The van der Waals surface area contributed by atoms with Gasteiger partial charge in [0.2, 0.25) is 0 Å². The van der Waals surface area contributed by atoms with Crippen LogP contribution in [-0.4, -0.2) is 19.2 Å². The summed E-state index contributed by atoms with van der Waals surface area (Å²) in [5.41, 5.74) is -2.44. The summed E-state index contributed by atoms with van der Waals surface area (Å²) < 4.78 is 49.2. The van der Waals surface area contributed by atoms with E-state index in [1.165, 1.54) is 0 Å². The zero-order chi connectivity index (χ0) is 16.4. The van der Waals surface area contributed by atoms with E-state index in [0.717, 1.165) is 0 Å². The Morgan fingerprint density at radius 2 is 1.74 bits per heavy atom. The normalized spacial score (nSPS) is 14.3. The number of methoxy groups -OCH3 is 1. The molecule has 120 valence electrons. The number of halogens is 3. The number of para-hydroxylation sites is 1. The van der Waals surface area contributed by atoms with Crippen molar-refractivity contribution in [2.75, 3.05) is 13.7 Å². The first-order valence-electron chi connectivity index (χ1n) is 6.83. The van der Waals surface area contributed by atoms with Crippen molar-refractivity contribution in [1.29, 1.82) is 0 Å². The Morgan fingerprint density at radius 3 is 2.39 bits per heavy atom. The lowest BCUT2D eigenvalue weighted by molar-refractivity contribution is -0.0323. The number of hydrogen-bond acceptors (Lipinski definition) is 3. The summed E-state index contributed by atoms with van der Waals surface area (Å²) in [6.45, 7) is -0.0947. The molecule has 0 radical (unpaired) electrons. The Hall–Kier alpha value is -2.08. The standard InChI is InChI=1S/C17H13F3O2S/c1-21-12-8-6-11(7-9-12)16-13-4-2-3-5-14(13)22-10-15(16)23-17(18,19)20/h2-9H,10H2,1H3. The third-order valence-electron chi connectivity index (χ3n) is 3.41. The quantitative estimate of drug-likeness (QED) is 0.776. The van der Waals surface area contributed by atoms with E-state index >= 15 is 0 Å². The summed E-state index contributed by atoms with van der Waals surface area (Å²) in [6, 6.07) is 14.1. The Balaban J connectivity index is 2.13. The summed E-state index contributed by atoms with van der Waals surface area (Å²) in [5, 5.41) is 0. The molecule has 1 aliphatic heterocycles. The van der Waals surface area contributed by atoms with Gasteiger partial charge in [-0.3, -0.25) is 0 Å². The van der Waals surface area contributed by atoms with Crippen LogP contribution in [0.5, 0.6) is 11.5 Å². The van der Waals surface area contributed by atoms with Crippen LogP contribution in [0.3, 0.4) is 0 Å². The minimum atomic E-state index is -4.36. The molecule has 0 atom stereocenters. The molecule has 2 aromatic rings. The number of rotatable bonds is 3. The summed E-state index contributed by atoms with van der Waals surface area (Å²) in [6.07, 6.45) is 0. The predicted molar refractivity (Wildman–Crippen MR) is 84.6 cm³/mol. The molecule has 6 heteroatoms. The molecule has 2 nitrogen and oxygen atoms in total. The largest absolute Gasteiger partial charge is 0.497 e. The second kappa shape index (κ2) is 6.20. The maximum atomic E-state index is 12.9. The van der Waals surface area contributed by atoms with Gasteiger partial charge in [0.1, 0.15) is 18.1 Å². The van der Waals surface area contributed by atoms with Crippen LogP contribution in [0.25, 0.3) is 5.57 Å². The first kappa shape index (κ1) is 15.8. The molecule has 0 N–H and O–H groups in total. The smallest absolute Gasteiger partial charge is 0.446 e. The van der Waals surface area contributed by atoms with Gasteiger partial charge in [-0.25, -0.2) is 0 Å². The molecule has 1 heterocycles. The third kappa shape index (κ3) is 3.47. The molecular weight excluding hydrogens is 325 g/mol. The van der Waals surface area contributed by atoms with Crippen LogP contribution in [-0.2, 0) is 0 Å². The van der Waals surface area contributed by atoms with Crippen LogP contribution < -0.4 is 9.47 Å². The van der Waals surface area contributed by atoms with Crippen LogP contribution in [0.15, 0.2) is 53.4 Å². The molecule has 1 aliphatic rings. The minimum absolute atomic E-state index is 0.0947. The third-order valence-corrected chi connectivity index (χ3v) is 4.21.